The second kappa shape index (κ2) is 6.56. The number of methoxy groups -OCH3 is 1. The highest BCUT2D eigenvalue weighted by Crippen LogP contribution is 2.14. The first-order valence-corrected chi connectivity index (χ1v) is 6.25. The van der Waals surface area contributed by atoms with Crippen LogP contribution in [-0.4, -0.2) is 54.9 Å². The Morgan fingerprint density at radius 3 is 2.60 bits per heavy atom. The molecule has 1 fully saturated rings. The van der Waals surface area contributed by atoms with Crippen LogP contribution in [0.25, 0.3) is 0 Å². The number of esters is 1. The fourth-order valence-corrected chi connectivity index (χ4v) is 1.60. The van der Waals surface area contributed by atoms with E-state index in [1.807, 2.05) is 0 Å². The predicted molar refractivity (Wildman–Crippen MR) is 67.5 cm³/mol. The number of piperazine rings is 1. The maximum atomic E-state index is 11.7. The highest BCUT2D eigenvalue weighted by Gasteiger charge is 2.35. The van der Waals surface area contributed by atoms with Crippen LogP contribution in [0.3, 0.4) is 0 Å². The van der Waals surface area contributed by atoms with Crippen molar-refractivity contribution in [1.82, 2.24) is 10.4 Å². The third kappa shape index (κ3) is 5.04. The fourth-order valence-electron chi connectivity index (χ4n) is 1.60. The molecule has 8 heteroatoms. The highest BCUT2D eigenvalue weighted by molar-refractivity contribution is 5.87. The average molecular weight is 288 g/mol. The van der Waals surface area contributed by atoms with Crippen LogP contribution in [0.5, 0.6) is 0 Å². The third-order valence-corrected chi connectivity index (χ3v) is 2.45. The first kappa shape index (κ1) is 16.2. The van der Waals surface area contributed by atoms with Crippen molar-refractivity contribution in [2.75, 3.05) is 20.2 Å². The van der Waals surface area contributed by atoms with Gasteiger partial charge in [-0.2, -0.15) is 0 Å². The molecule has 0 aliphatic carbocycles. The van der Waals surface area contributed by atoms with E-state index in [1.165, 1.54) is 7.11 Å². The van der Waals surface area contributed by atoms with Gasteiger partial charge in [0.05, 0.1) is 20.1 Å². The first-order chi connectivity index (χ1) is 9.23. The zero-order chi connectivity index (χ0) is 15.3. The smallest absolute Gasteiger partial charge is 0.469 e. The maximum Gasteiger partial charge on any atom is 0.528 e. The van der Waals surface area contributed by atoms with Gasteiger partial charge >= 0.3 is 12.1 Å². The van der Waals surface area contributed by atoms with Crippen molar-refractivity contribution >= 4 is 18.0 Å². The van der Waals surface area contributed by atoms with Gasteiger partial charge in [-0.3, -0.25) is 9.59 Å². The number of amides is 1. The highest BCUT2D eigenvalue weighted by atomic mass is 16.8. The molecule has 0 bridgehead atoms. The molecule has 8 nitrogen and oxygen atoms in total. The molecule has 0 aromatic carbocycles. The summed E-state index contributed by atoms with van der Waals surface area (Å²) in [5.41, 5.74) is -0.701. The van der Waals surface area contributed by atoms with Crippen LogP contribution in [0, 0.1) is 0 Å². The Morgan fingerprint density at radius 2 is 2.05 bits per heavy atom. The van der Waals surface area contributed by atoms with Crippen molar-refractivity contribution in [2.24, 2.45) is 0 Å². The summed E-state index contributed by atoms with van der Waals surface area (Å²) in [7, 11) is 1.22. The minimum absolute atomic E-state index is 0.203. The van der Waals surface area contributed by atoms with Crippen molar-refractivity contribution in [3.05, 3.63) is 0 Å². The van der Waals surface area contributed by atoms with E-state index in [1.54, 1.807) is 20.8 Å². The summed E-state index contributed by atoms with van der Waals surface area (Å²) < 4.78 is 9.52. The number of carbonyl (C=O) groups excluding carboxylic acids is 3. The molecule has 20 heavy (non-hydrogen) atoms. The molecule has 0 radical (unpaired) electrons. The van der Waals surface area contributed by atoms with Gasteiger partial charge in [0.25, 0.3) is 0 Å². The lowest BCUT2D eigenvalue weighted by atomic mass is 10.1. The summed E-state index contributed by atoms with van der Waals surface area (Å²) in [6.45, 7) is 5.68. The van der Waals surface area contributed by atoms with Crippen molar-refractivity contribution < 1.29 is 28.7 Å². The molecule has 1 rings (SSSR count). The van der Waals surface area contributed by atoms with Gasteiger partial charge in [0, 0.05) is 6.54 Å². The Labute approximate surface area is 117 Å². The first-order valence-electron chi connectivity index (χ1n) is 6.25. The van der Waals surface area contributed by atoms with Crippen LogP contribution in [0.2, 0.25) is 0 Å². The Kier molecular flexibility index (Phi) is 5.32. The van der Waals surface area contributed by atoms with Crippen LogP contribution < -0.4 is 5.32 Å². The molecule has 1 saturated heterocycles. The van der Waals surface area contributed by atoms with Gasteiger partial charge < -0.3 is 19.6 Å². The van der Waals surface area contributed by atoms with Crippen molar-refractivity contribution in [3.8, 4) is 0 Å². The molecular formula is C12H20N2O6. The number of hydrogen-bond donors (Lipinski definition) is 1. The van der Waals surface area contributed by atoms with E-state index in [0.29, 0.717) is 6.54 Å². The number of hydroxylamine groups is 2. The van der Waals surface area contributed by atoms with E-state index < -0.39 is 29.7 Å². The van der Waals surface area contributed by atoms with Crippen LogP contribution >= 0.6 is 0 Å². The summed E-state index contributed by atoms with van der Waals surface area (Å²) in [5.74, 6) is -0.963. The second-order valence-electron chi connectivity index (χ2n) is 5.28. The Hall–Kier alpha value is -1.83. The van der Waals surface area contributed by atoms with Gasteiger partial charge in [0.2, 0.25) is 5.91 Å². The molecule has 0 aromatic heterocycles. The summed E-state index contributed by atoms with van der Waals surface area (Å²) in [6.07, 6.45) is -1.12. The molecule has 1 atom stereocenters. The SMILES string of the molecule is COC(=O)CC1C(=O)NCCN1OC(=O)OC(C)(C)C. The topological polar surface area (TPSA) is 94.2 Å². The lowest BCUT2D eigenvalue weighted by molar-refractivity contribution is -0.186. The van der Waals surface area contributed by atoms with Gasteiger partial charge in [0.15, 0.2) is 0 Å². The maximum absolute atomic E-state index is 11.7. The minimum Gasteiger partial charge on any atom is -0.469 e. The van der Waals surface area contributed by atoms with E-state index in [4.69, 9.17) is 9.57 Å². The van der Waals surface area contributed by atoms with Crippen molar-refractivity contribution in [1.29, 1.82) is 0 Å². The van der Waals surface area contributed by atoms with Crippen LogP contribution in [0.1, 0.15) is 27.2 Å². The van der Waals surface area contributed by atoms with Gasteiger partial charge in [-0.15, -0.1) is 5.06 Å². The number of nitrogens with zero attached hydrogens (tertiary/aromatic N) is 1. The molecule has 1 heterocycles. The molecule has 1 unspecified atom stereocenters. The summed E-state index contributed by atoms with van der Waals surface area (Å²) in [5, 5.41) is 3.74. The van der Waals surface area contributed by atoms with Crippen molar-refractivity contribution in [2.45, 2.75) is 38.8 Å². The average Bonchev–Trinajstić information content (AvgIpc) is 2.30. The number of rotatable bonds is 3. The van der Waals surface area contributed by atoms with Crippen LogP contribution in [0.4, 0.5) is 4.79 Å². The quantitative estimate of drug-likeness (QED) is 0.742. The van der Waals surface area contributed by atoms with Crippen LogP contribution in [-0.2, 0) is 23.9 Å². The molecule has 0 spiro atoms. The monoisotopic (exact) mass is 288 g/mol. The van der Waals surface area contributed by atoms with E-state index in [-0.39, 0.29) is 13.0 Å². The number of nitrogens with one attached hydrogen (secondary N) is 1. The fraction of sp³-hybridized carbons (Fsp3) is 0.750. The largest absolute Gasteiger partial charge is 0.528 e. The molecule has 1 aliphatic rings. The number of hydrogen-bond acceptors (Lipinski definition) is 7. The van der Waals surface area contributed by atoms with E-state index in [9.17, 15) is 14.4 Å². The predicted octanol–water partition coefficient (Wildman–Crippen LogP) is 0.217. The minimum atomic E-state index is -0.915. The standard InChI is InChI=1S/C12H20N2O6/c1-12(2,3)19-11(17)20-14-6-5-13-10(16)8(14)7-9(15)18-4/h8H,5-7H2,1-4H3,(H,13,16). The van der Waals surface area contributed by atoms with Crippen LogP contribution in [0.15, 0.2) is 0 Å². The van der Waals surface area contributed by atoms with Gasteiger partial charge in [-0.25, -0.2) is 4.79 Å². The lowest BCUT2D eigenvalue weighted by Gasteiger charge is -2.32. The molecule has 0 aromatic rings. The summed E-state index contributed by atoms with van der Waals surface area (Å²) in [6, 6.07) is -0.913. The molecule has 114 valence electrons. The lowest BCUT2D eigenvalue weighted by Crippen LogP contribution is -2.56. The zero-order valence-corrected chi connectivity index (χ0v) is 12.1. The Balaban J connectivity index is 2.66. The van der Waals surface area contributed by atoms with Gasteiger partial charge in [-0.1, -0.05) is 0 Å². The van der Waals surface area contributed by atoms with Gasteiger partial charge in [-0.05, 0) is 20.8 Å². The number of carbonyl (C=O) groups is 3. The molecule has 1 N–H and O–H groups in total. The summed E-state index contributed by atoms with van der Waals surface area (Å²) in [4.78, 5) is 39.6. The van der Waals surface area contributed by atoms with Gasteiger partial charge in [0.1, 0.15) is 11.6 Å². The van der Waals surface area contributed by atoms with E-state index >= 15 is 0 Å². The van der Waals surface area contributed by atoms with E-state index in [0.717, 1.165) is 5.06 Å². The molecular weight excluding hydrogens is 268 g/mol. The zero-order valence-electron chi connectivity index (χ0n) is 12.1. The summed E-state index contributed by atoms with van der Waals surface area (Å²) >= 11 is 0. The third-order valence-electron chi connectivity index (χ3n) is 2.45. The molecule has 0 saturated carbocycles. The second-order valence-corrected chi connectivity index (χ2v) is 5.28. The van der Waals surface area contributed by atoms with Crippen molar-refractivity contribution in [3.63, 3.8) is 0 Å². The Morgan fingerprint density at radius 1 is 1.40 bits per heavy atom. The Bertz CT molecular complexity index is 390. The number of ether oxygens (including phenoxy) is 2. The van der Waals surface area contributed by atoms with E-state index in [2.05, 4.69) is 10.1 Å². The molecule has 1 aliphatic heterocycles. The normalized spacial score (nSPS) is 20.0. The molecule has 1 amide bonds.